The third-order valence-corrected chi connectivity index (χ3v) is 5.24. The van der Waals surface area contributed by atoms with Crippen LogP contribution >= 0.6 is 0 Å². The fourth-order valence-electron chi connectivity index (χ4n) is 3.80. The standard InChI is InChI=1S/C19H20N8O/c28-18-10-9-17(26-12-20-11-21-26)25-27(18)14-7-5-13(6-8-14)22-19-23-15-3-1-2-4-16(15)24-19/h1-4,9-14H,5-8H2,(H2,22,23,24). The number of benzene rings is 1. The topological polar surface area (TPSA) is 106 Å². The monoisotopic (exact) mass is 376 g/mol. The number of fused-ring (bicyclic) bond motifs is 1. The average Bonchev–Trinajstić information content (AvgIpc) is 3.38. The van der Waals surface area contributed by atoms with Crippen LogP contribution in [0, 0.1) is 0 Å². The molecule has 3 heterocycles. The number of para-hydroxylation sites is 2. The number of aromatic amines is 1. The Morgan fingerprint density at radius 3 is 2.71 bits per heavy atom. The molecule has 142 valence electrons. The van der Waals surface area contributed by atoms with Gasteiger partial charge in [-0.15, -0.1) is 5.10 Å². The van der Waals surface area contributed by atoms with Crippen LogP contribution < -0.4 is 10.9 Å². The van der Waals surface area contributed by atoms with Gasteiger partial charge in [-0.3, -0.25) is 4.79 Å². The number of hydrogen-bond donors (Lipinski definition) is 2. The molecule has 2 N–H and O–H groups in total. The molecule has 4 aromatic rings. The third kappa shape index (κ3) is 3.15. The van der Waals surface area contributed by atoms with Crippen LogP contribution in [0.4, 0.5) is 5.95 Å². The Morgan fingerprint density at radius 2 is 1.93 bits per heavy atom. The van der Waals surface area contributed by atoms with Gasteiger partial charge in [0.15, 0.2) is 5.82 Å². The summed E-state index contributed by atoms with van der Waals surface area (Å²) in [7, 11) is 0. The largest absolute Gasteiger partial charge is 0.353 e. The minimum absolute atomic E-state index is 0.0856. The highest BCUT2D eigenvalue weighted by atomic mass is 16.1. The minimum Gasteiger partial charge on any atom is -0.353 e. The Labute approximate surface area is 160 Å². The summed E-state index contributed by atoms with van der Waals surface area (Å²) in [5.74, 6) is 1.40. The first-order valence-electron chi connectivity index (χ1n) is 9.42. The quantitative estimate of drug-likeness (QED) is 0.566. The van der Waals surface area contributed by atoms with Crippen molar-refractivity contribution in [1.82, 2.24) is 34.5 Å². The molecular formula is C19H20N8O. The van der Waals surface area contributed by atoms with Crippen molar-refractivity contribution < 1.29 is 0 Å². The number of nitrogens with zero attached hydrogens (tertiary/aromatic N) is 6. The molecule has 0 radical (unpaired) electrons. The maximum absolute atomic E-state index is 12.3. The summed E-state index contributed by atoms with van der Waals surface area (Å²) in [6, 6.07) is 11.6. The molecule has 0 saturated heterocycles. The van der Waals surface area contributed by atoms with Gasteiger partial charge in [0.05, 0.1) is 17.1 Å². The number of rotatable bonds is 4. The first-order chi connectivity index (χ1) is 13.8. The van der Waals surface area contributed by atoms with Gasteiger partial charge in [-0.1, -0.05) is 12.1 Å². The van der Waals surface area contributed by atoms with E-state index in [1.165, 1.54) is 6.33 Å². The molecule has 1 aromatic carbocycles. The minimum atomic E-state index is -0.0856. The van der Waals surface area contributed by atoms with Crippen LogP contribution in [0.2, 0.25) is 0 Å². The molecule has 3 aromatic heterocycles. The van der Waals surface area contributed by atoms with E-state index in [2.05, 4.69) is 30.5 Å². The fraction of sp³-hybridized carbons (Fsp3) is 0.316. The molecule has 0 bridgehead atoms. The van der Waals surface area contributed by atoms with Crippen LogP contribution in [0.5, 0.6) is 0 Å². The number of anilines is 1. The highest BCUT2D eigenvalue weighted by molar-refractivity contribution is 5.77. The Bertz CT molecular complexity index is 1110. The maximum atomic E-state index is 12.3. The highest BCUT2D eigenvalue weighted by Crippen LogP contribution is 2.29. The molecule has 28 heavy (non-hydrogen) atoms. The van der Waals surface area contributed by atoms with Gasteiger partial charge in [0.2, 0.25) is 5.95 Å². The molecule has 0 aliphatic heterocycles. The molecule has 9 heteroatoms. The average molecular weight is 376 g/mol. The van der Waals surface area contributed by atoms with Crippen molar-refractivity contribution in [2.45, 2.75) is 37.8 Å². The predicted octanol–water partition coefficient (Wildman–Crippen LogP) is 2.30. The number of imidazole rings is 1. The smallest absolute Gasteiger partial charge is 0.267 e. The van der Waals surface area contributed by atoms with E-state index < -0.39 is 0 Å². The zero-order valence-corrected chi connectivity index (χ0v) is 15.2. The molecule has 1 saturated carbocycles. The summed E-state index contributed by atoms with van der Waals surface area (Å²) < 4.78 is 3.15. The molecule has 0 unspecified atom stereocenters. The molecule has 0 spiro atoms. The van der Waals surface area contributed by atoms with Gasteiger partial charge < -0.3 is 10.3 Å². The second-order valence-corrected chi connectivity index (χ2v) is 7.07. The van der Waals surface area contributed by atoms with Gasteiger partial charge in [-0.25, -0.2) is 19.3 Å². The van der Waals surface area contributed by atoms with Crippen LogP contribution in [0.1, 0.15) is 31.7 Å². The predicted molar refractivity (Wildman–Crippen MR) is 104 cm³/mol. The zero-order chi connectivity index (χ0) is 18.9. The van der Waals surface area contributed by atoms with E-state index in [4.69, 9.17) is 0 Å². The summed E-state index contributed by atoms with van der Waals surface area (Å²) >= 11 is 0. The van der Waals surface area contributed by atoms with E-state index in [0.717, 1.165) is 42.7 Å². The van der Waals surface area contributed by atoms with Crippen molar-refractivity contribution in [3.05, 3.63) is 59.4 Å². The summed E-state index contributed by atoms with van der Waals surface area (Å²) in [4.78, 5) is 24.2. The van der Waals surface area contributed by atoms with Crippen molar-refractivity contribution >= 4 is 17.0 Å². The number of hydrogen-bond acceptors (Lipinski definition) is 6. The van der Waals surface area contributed by atoms with Gasteiger partial charge in [0.25, 0.3) is 5.56 Å². The lowest BCUT2D eigenvalue weighted by Gasteiger charge is -2.29. The van der Waals surface area contributed by atoms with Crippen molar-refractivity contribution in [2.24, 2.45) is 0 Å². The van der Waals surface area contributed by atoms with Crippen molar-refractivity contribution in [3.63, 3.8) is 0 Å². The maximum Gasteiger partial charge on any atom is 0.267 e. The Kier molecular flexibility index (Phi) is 4.12. The molecule has 9 nitrogen and oxygen atoms in total. The van der Waals surface area contributed by atoms with Crippen molar-refractivity contribution in [3.8, 4) is 5.82 Å². The van der Waals surface area contributed by atoms with Gasteiger partial charge in [0.1, 0.15) is 12.7 Å². The molecule has 1 fully saturated rings. The van der Waals surface area contributed by atoms with E-state index in [1.807, 2.05) is 24.3 Å². The van der Waals surface area contributed by atoms with E-state index in [0.29, 0.717) is 11.9 Å². The van der Waals surface area contributed by atoms with Crippen molar-refractivity contribution in [2.75, 3.05) is 5.32 Å². The molecule has 0 amide bonds. The lowest BCUT2D eigenvalue weighted by Crippen LogP contribution is -2.33. The molecular weight excluding hydrogens is 356 g/mol. The van der Waals surface area contributed by atoms with E-state index in [9.17, 15) is 4.79 Å². The van der Waals surface area contributed by atoms with Crippen molar-refractivity contribution in [1.29, 1.82) is 0 Å². The fourth-order valence-corrected chi connectivity index (χ4v) is 3.80. The third-order valence-electron chi connectivity index (χ3n) is 5.24. The van der Waals surface area contributed by atoms with Crippen LogP contribution in [-0.4, -0.2) is 40.6 Å². The van der Waals surface area contributed by atoms with Crippen LogP contribution in [0.15, 0.2) is 53.8 Å². The summed E-state index contributed by atoms with van der Waals surface area (Å²) in [6.07, 6.45) is 6.68. The van der Waals surface area contributed by atoms with Crippen LogP contribution in [0.25, 0.3) is 16.9 Å². The summed E-state index contributed by atoms with van der Waals surface area (Å²) in [5.41, 5.74) is 1.90. The number of aromatic nitrogens is 7. The normalized spacial score (nSPS) is 19.7. The molecule has 1 aliphatic rings. The molecule has 1 aliphatic carbocycles. The van der Waals surface area contributed by atoms with Gasteiger partial charge in [-0.2, -0.15) is 5.10 Å². The molecule has 0 atom stereocenters. The highest BCUT2D eigenvalue weighted by Gasteiger charge is 2.24. The second-order valence-electron chi connectivity index (χ2n) is 7.07. The SMILES string of the molecule is O=c1ccc(-n2cncn2)nn1C1CCC(Nc2nc3ccccc3[nH]2)CC1. The van der Waals surface area contributed by atoms with Gasteiger partial charge >= 0.3 is 0 Å². The lowest BCUT2D eigenvalue weighted by molar-refractivity contribution is 0.302. The molecule has 5 rings (SSSR count). The number of nitrogens with one attached hydrogen (secondary N) is 2. The second kappa shape index (κ2) is 6.91. The van der Waals surface area contributed by atoms with E-state index in [-0.39, 0.29) is 11.6 Å². The zero-order valence-electron chi connectivity index (χ0n) is 15.2. The summed E-state index contributed by atoms with van der Waals surface area (Å²) in [5, 5.41) is 12.1. The van der Waals surface area contributed by atoms with Gasteiger partial charge in [-0.05, 0) is 43.9 Å². The van der Waals surface area contributed by atoms with Gasteiger partial charge in [0, 0.05) is 12.1 Å². The van der Waals surface area contributed by atoms with E-state index in [1.54, 1.807) is 27.8 Å². The Morgan fingerprint density at radius 1 is 1.07 bits per heavy atom. The summed E-state index contributed by atoms with van der Waals surface area (Å²) in [6.45, 7) is 0. The Hall–Kier alpha value is -3.49. The van der Waals surface area contributed by atoms with Crippen LogP contribution in [-0.2, 0) is 0 Å². The first kappa shape index (κ1) is 16.7. The van der Waals surface area contributed by atoms with E-state index >= 15 is 0 Å². The van der Waals surface area contributed by atoms with Crippen LogP contribution in [0.3, 0.4) is 0 Å². The Balaban J connectivity index is 1.28. The number of H-pyrrole nitrogens is 1. The lowest BCUT2D eigenvalue weighted by atomic mass is 9.91. The first-order valence-corrected chi connectivity index (χ1v) is 9.42.